The van der Waals surface area contributed by atoms with E-state index in [9.17, 15) is 14.4 Å². The number of carbonyl (C=O) groups excluding carboxylic acids is 3. The Morgan fingerprint density at radius 2 is 2.04 bits per heavy atom. The first-order valence-electron chi connectivity index (χ1n) is 7.90. The summed E-state index contributed by atoms with van der Waals surface area (Å²) in [5, 5.41) is 4.60. The van der Waals surface area contributed by atoms with Gasteiger partial charge in [-0.3, -0.25) is 10.1 Å². The zero-order valence-electron chi connectivity index (χ0n) is 13.9. The number of rotatable bonds is 7. The van der Waals surface area contributed by atoms with Gasteiger partial charge in [0.15, 0.2) is 18.1 Å². The summed E-state index contributed by atoms with van der Waals surface area (Å²) in [6, 6.07) is 4.60. The summed E-state index contributed by atoms with van der Waals surface area (Å²) in [6.07, 6.45) is 4.47. The molecular weight excluding hydrogens is 328 g/mol. The minimum absolute atomic E-state index is 0.172. The molecule has 0 fully saturated rings. The second-order valence-corrected chi connectivity index (χ2v) is 5.21. The maximum absolute atomic E-state index is 11.6. The molecule has 8 nitrogen and oxygen atoms in total. The fraction of sp³-hybridized carbons (Fsp3) is 0.353. The van der Waals surface area contributed by atoms with Gasteiger partial charge >= 0.3 is 12.0 Å². The van der Waals surface area contributed by atoms with Gasteiger partial charge < -0.3 is 19.5 Å². The first-order valence-corrected chi connectivity index (χ1v) is 7.90. The average molecular weight is 348 g/mol. The Hall–Kier alpha value is -3.03. The number of urea groups is 1. The van der Waals surface area contributed by atoms with Gasteiger partial charge in [0, 0.05) is 12.6 Å². The molecule has 25 heavy (non-hydrogen) atoms. The van der Waals surface area contributed by atoms with Crippen LogP contribution in [0.25, 0.3) is 6.08 Å². The van der Waals surface area contributed by atoms with Crippen molar-refractivity contribution in [1.29, 1.82) is 0 Å². The number of carbonyl (C=O) groups is 3. The number of unbranched alkanes of at least 4 members (excludes halogenated alkanes) is 1. The number of nitrogens with one attached hydrogen (secondary N) is 2. The van der Waals surface area contributed by atoms with Crippen molar-refractivity contribution in [2.75, 3.05) is 19.9 Å². The fourth-order valence-corrected chi connectivity index (χ4v) is 1.95. The van der Waals surface area contributed by atoms with Crippen LogP contribution in [0.1, 0.15) is 25.3 Å². The zero-order valence-corrected chi connectivity index (χ0v) is 13.9. The SMILES string of the molecule is CCCCNC(=O)NC(=O)COC(=O)/C=C/c1ccc2c(c1)OCO2. The van der Waals surface area contributed by atoms with Crippen molar-refractivity contribution < 1.29 is 28.6 Å². The molecule has 0 saturated heterocycles. The number of imide groups is 1. The Morgan fingerprint density at radius 1 is 1.24 bits per heavy atom. The van der Waals surface area contributed by atoms with Crippen LogP contribution in [0.15, 0.2) is 24.3 Å². The van der Waals surface area contributed by atoms with Crippen LogP contribution in [0, 0.1) is 0 Å². The van der Waals surface area contributed by atoms with Crippen LogP contribution >= 0.6 is 0 Å². The van der Waals surface area contributed by atoms with E-state index in [1.54, 1.807) is 18.2 Å². The molecule has 0 bridgehead atoms. The monoisotopic (exact) mass is 348 g/mol. The Labute approximate surface area is 145 Å². The third-order valence-electron chi connectivity index (χ3n) is 3.22. The van der Waals surface area contributed by atoms with Crippen molar-refractivity contribution >= 4 is 24.0 Å². The molecule has 1 aliphatic heterocycles. The third kappa shape index (κ3) is 6.17. The number of ether oxygens (including phenoxy) is 3. The standard InChI is InChI=1S/C17H20N2O6/c1-2-3-8-18-17(22)19-15(20)10-23-16(21)7-5-12-4-6-13-14(9-12)25-11-24-13/h4-7,9H,2-3,8,10-11H2,1H3,(H2,18,19,20,22)/b7-5+. The minimum Gasteiger partial charge on any atom is -0.454 e. The van der Waals surface area contributed by atoms with Gasteiger partial charge in [-0.1, -0.05) is 19.4 Å². The molecule has 0 spiro atoms. The Kier molecular flexibility index (Phi) is 6.82. The largest absolute Gasteiger partial charge is 0.454 e. The highest BCUT2D eigenvalue weighted by molar-refractivity contribution is 5.96. The second kappa shape index (κ2) is 9.31. The maximum atomic E-state index is 11.6. The number of hydrogen-bond donors (Lipinski definition) is 2. The van der Waals surface area contributed by atoms with E-state index in [1.165, 1.54) is 12.2 Å². The molecule has 3 amide bonds. The molecule has 1 aromatic rings. The summed E-state index contributed by atoms with van der Waals surface area (Å²) < 4.78 is 15.2. The summed E-state index contributed by atoms with van der Waals surface area (Å²) >= 11 is 0. The third-order valence-corrected chi connectivity index (χ3v) is 3.22. The van der Waals surface area contributed by atoms with Crippen LogP contribution in [0.2, 0.25) is 0 Å². The highest BCUT2D eigenvalue weighted by Gasteiger charge is 2.12. The molecule has 8 heteroatoms. The lowest BCUT2D eigenvalue weighted by Crippen LogP contribution is -2.41. The van der Waals surface area contributed by atoms with Crippen LogP contribution in [0.5, 0.6) is 11.5 Å². The summed E-state index contributed by atoms with van der Waals surface area (Å²) in [5.74, 6) is -0.143. The van der Waals surface area contributed by atoms with Crippen molar-refractivity contribution in [3.63, 3.8) is 0 Å². The van der Waals surface area contributed by atoms with Crippen LogP contribution in [-0.4, -0.2) is 37.9 Å². The molecule has 2 rings (SSSR count). The number of fused-ring (bicyclic) bond motifs is 1. The van der Waals surface area contributed by atoms with E-state index in [0.29, 0.717) is 18.0 Å². The van der Waals surface area contributed by atoms with Crippen LogP contribution in [0.4, 0.5) is 4.79 Å². The predicted molar refractivity (Wildman–Crippen MR) is 89.0 cm³/mol. The van der Waals surface area contributed by atoms with E-state index in [1.807, 2.05) is 6.92 Å². The van der Waals surface area contributed by atoms with Gasteiger partial charge in [0.05, 0.1) is 0 Å². The number of esters is 1. The first kappa shape index (κ1) is 18.3. The number of hydrogen-bond acceptors (Lipinski definition) is 6. The minimum atomic E-state index is -0.696. The van der Waals surface area contributed by atoms with Crippen molar-refractivity contribution in [3.05, 3.63) is 29.8 Å². The molecule has 1 heterocycles. The summed E-state index contributed by atoms with van der Waals surface area (Å²) in [4.78, 5) is 34.5. The van der Waals surface area contributed by atoms with E-state index in [-0.39, 0.29) is 6.79 Å². The molecule has 2 N–H and O–H groups in total. The van der Waals surface area contributed by atoms with E-state index in [0.717, 1.165) is 18.4 Å². The summed E-state index contributed by atoms with van der Waals surface area (Å²) in [6.45, 7) is 2.10. The van der Waals surface area contributed by atoms with Gasteiger partial charge in [-0.15, -0.1) is 0 Å². The Balaban J connectivity index is 1.71. The van der Waals surface area contributed by atoms with Crippen molar-refractivity contribution in [2.45, 2.75) is 19.8 Å². The van der Waals surface area contributed by atoms with E-state index < -0.39 is 24.5 Å². The molecule has 134 valence electrons. The molecule has 0 saturated carbocycles. The number of benzene rings is 1. The Bertz CT molecular complexity index is 671. The molecule has 1 aliphatic rings. The lowest BCUT2D eigenvalue weighted by Gasteiger charge is -2.06. The number of amides is 3. The van der Waals surface area contributed by atoms with Gasteiger partial charge in [0.1, 0.15) is 0 Å². The van der Waals surface area contributed by atoms with Crippen molar-refractivity contribution in [1.82, 2.24) is 10.6 Å². The van der Waals surface area contributed by atoms with E-state index in [4.69, 9.17) is 14.2 Å². The smallest absolute Gasteiger partial charge is 0.331 e. The molecule has 1 aromatic carbocycles. The predicted octanol–water partition coefficient (Wildman–Crippen LogP) is 1.60. The van der Waals surface area contributed by atoms with Crippen molar-refractivity contribution in [3.8, 4) is 11.5 Å². The quantitative estimate of drug-likeness (QED) is 0.441. The molecule has 0 atom stereocenters. The van der Waals surface area contributed by atoms with E-state index in [2.05, 4.69) is 10.6 Å². The first-order chi connectivity index (χ1) is 12.1. The maximum Gasteiger partial charge on any atom is 0.331 e. The summed E-state index contributed by atoms with van der Waals surface area (Å²) in [5.41, 5.74) is 0.723. The van der Waals surface area contributed by atoms with Crippen LogP contribution < -0.4 is 20.1 Å². The van der Waals surface area contributed by atoms with Gasteiger partial charge in [0.2, 0.25) is 6.79 Å². The average Bonchev–Trinajstić information content (AvgIpc) is 3.06. The molecule has 0 aliphatic carbocycles. The topological polar surface area (TPSA) is 103 Å². The highest BCUT2D eigenvalue weighted by Crippen LogP contribution is 2.32. The second-order valence-electron chi connectivity index (χ2n) is 5.21. The van der Waals surface area contributed by atoms with Gasteiger partial charge in [0.25, 0.3) is 5.91 Å². The lowest BCUT2D eigenvalue weighted by molar-refractivity contribution is -0.143. The van der Waals surface area contributed by atoms with Crippen LogP contribution in [0.3, 0.4) is 0 Å². The lowest BCUT2D eigenvalue weighted by atomic mass is 10.2. The normalized spacial score (nSPS) is 12.0. The van der Waals surface area contributed by atoms with Crippen molar-refractivity contribution in [2.24, 2.45) is 0 Å². The molecule has 0 aromatic heterocycles. The Morgan fingerprint density at radius 3 is 2.84 bits per heavy atom. The molecule has 0 radical (unpaired) electrons. The zero-order chi connectivity index (χ0) is 18.1. The van der Waals surface area contributed by atoms with Gasteiger partial charge in [-0.25, -0.2) is 9.59 Å². The van der Waals surface area contributed by atoms with Crippen LogP contribution in [-0.2, 0) is 14.3 Å². The van der Waals surface area contributed by atoms with Gasteiger partial charge in [-0.2, -0.15) is 0 Å². The van der Waals surface area contributed by atoms with Gasteiger partial charge in [-0.05, 0) is 30.2 Å². The molecular formula is C17H20N2O6. The fourth-order valence-electron chi connectivity index (χ4n) is 1.95. The van der Waals surface area contributed by atoms with E-state index >= 15 is 0 Å². The molecule has 0 unspecified atom stereocenters. The summed E-state index contributed by atoms with van der Waals surface area (Å²) in [7, 11) is 0. The highest BCUT2D eigenvalue weighted by atomic mass is 16.7.